The zero-order chi connectivity index (χ0) is 14.2. The Morgan fingerprint density at radius 3 is 2.16 bits per heavy atom. The topological polar surface area (TPSA) is 0 Å². The van der Waals surface area contributed by atoms with Crippen molar-refractivity contribution in [3.63, 3.8) is 0 Å². The number of alkyl halides is 1. The van der Waals surface area contributed by atoms with E-state index < -0.39 is 0 Å². The van der Waals surface area contributed by atoms with Gasteiger partial charge in [0.25, 0.3) is 0 Å². The van der Waals surface area contributed by atoms with E-state index in [0.717, 1.165) is 5.92 Å². The third kappa shape index (κ3) is 3.55. The molecule has 0 aromatic carbocycles. The molecule has 1 heterocycles. The number of halogens is 1. The quantitative estimate of drug-likeness (QED) is 0.547. The van der Waals surface area contributed by atoms with Gasteiger partial charge in [0.1, 0.15) is 0 Å². The molecule has 1 aromatic rings. The van der Waals surface area contributed by atoms with Crippen LogP contribution >= 0.6 is 22.9 Å². The van der Waals surface area contributed by atoms with Gasteiger partial charge < -0.3 is 0 Å². The fourth-order valence-corrected chi connectivity index (χ4v) is 5.09. The summed E-state index contributed by atoms with van der Waals surface area (Å²) in [7, 11) is 0. The maximum absolute atomic E-state index is 6.78. The first kappa shape index (κ1) is 15.4. The molecule has 0 saturated heterocycles. The molecule has 1 atom stereocenters. The molecule has 1 aliphatic rings. The van der Waals surface area contributed by atoms with Crippen LogP contribution in [0.15, 0.2) is 6.07 Å². The van der Waals surface area contributed by atoms with E-state index in [4.69, 9.17) is 11.6 Å². The van der Waals surface area contributed by atoms with Gasteiger partial charge in [0.05, 0.1) is 5.38 Å². The van der Waals surface area contributed by atoms with Crippen LogP contribution in [0.1, 0.15) is 67.1 Å². The number of aryl methyl sites for hydroxylation is 2. The second-order valence-electron chi connectivity index (χ2n) is 7.28. The van der Waals surface area contributed by atoms with Crippen molar-refractivity contribution < 1.29 is 0 Å². The van der Waals surface area contributed by atoms with Crippen molar-refractivity contribution in [1.29, 1.82) is 0 Å². The molecular formula is C17H27ClS. The van der Waals surface area contributed by atoms with Crippen LogP contribution in [0.5, 0.6) is 0 Å². The van der Waals surface area contributed by atoms with Gasteiger partial charge in [0, 0.05) is 9.75 Å². The first-order chi connectivity index (χ1) is 8.79. The van der Waals surface area contributed by atoms with E-state index in [1.807, 2.05) is 11.3 Å². The minimum absolute atomic E-state index is 0.236. The molecule has 1 unspecified atom stereocenters. The lowest BCUT2D eigenvalue weighted by Crippen LogP contribution is -2.27. The van der Waals surface area contributed by atoms with Gasteiger partial charge in [0.2, 0.25) is 0 Å². The van der Waals surface area contributed by atoms with Crippen LogP contribution in [0.2, 0.25) is 0 Å². The normalized spacial score (nSPS) is 26.4. The van der Waals surface area contributed by atoms with Crippen LogP contribution in [0.4, 0.5) is 0 Å². The minimum Gasteiger partial charge on any atom is -0.144 e. The van der Waals surface area contributed by atoms with Gasteiger partial charge in [0.15, 0.2) is 0 Å². The summed E-state index contributed by atoms with van der Waals surface area (Å²) < 4.78 is 0. The van der Waals surface area contributed by atoms with Crippen LogP contribution in [0.25, 0.3) is 0 Å². The van der Waals surface area contributed by atoms with Crippen molar-refractivity contribution >= 4 is 22.9 Å². The summed E-state index contributed by atoms with van der Waals surface area (Å²) in [6.07, 6.45) is 5.29. The summed E-state index contributed by atoms with van der Waals surface area (Å²) in [6.45, 7) is 11.5. The molecule has 0 bridgehead atoms. The maximum Gasteiger partial charge on any atom is 0.0709 e. The van der Waals surface area contributed by atoms with E-state index in [-0.39, 0.29) is 5.38 Å². The summed E-state index contributed by atoms with van der Waals surface area (Å²) >= 11 is 8.67. The summed E-state index contributed by atoms with van der Waals surface area (Å²) in [6, 6.07) is 2.27. The average molecular weight is 299 g/mol. The molecule has 0 aliphatic heterocycles. The highest BCUT2D eigenvalue weighted by atomic mass is 35.5. The Morgan fingerprint density at radius 2 is 1.74 bits per heavy atom. The van der Waals surface area contributed by atoms with Crippen molar-refractivity contribution in [3.8, 4) is 0 Å². The largest absolute Gasteiger partial charge is 0.144 e. The lowest BCUT2D eigenvalue weighted by molar-refractivity contribution is 0.148. The van der Waals surface area contributed by atoms with Crippen molar-refractivity contribution in [1.82, 2.24) is 0 Å². The van der Waals surface area contributed by atoms with E-state index in [1.165, 1.54) is 41.0 Å². The SMILES string of the molecule is Cc1cc(C)c(C(Cl)C2CCC(C(C)(C)C)CC2)s1. The third-order valence-corrected chi connectivity index (χ3v) is 6.68. The van der Waals surface area contributed by atoms with Crippen LogP contribution in [-0.2, 0) is 0 Å². The van der Waals surface area contributed by atoms with Crippen molar-refractivity contribution in [3.05, 3.63) is 21.4 Å². The maximum atomic E-state index is 6.78. The van der Waals surface area contributed by atoms with E-state index in [0.29, 0.717) is 11.3 Å². The van der Waals surface area contributed by atoms with Crippen LogP contribution in [-0.4, -0.2) is 0 Å². The molecule has 0 spiro atoms. The molecule has 0 N–H and O–H groups in total. The molecule has 0 amide bonds. The monoisotopic (exact) mass is 298 g/mol. The third-order valence-electron chi connectivity index (χ3n) is 4.74. The average Bonchev–Trinajstić information content (AvgIpc) is 2.66. The highest BCUT2D eigenvalue weighted by Crippen LogP contribution is 2.47. The smallest absolute Gasteiger partial charge is 0.0709 e. The zero-order valence-corrected chi connectivity index (χ0v) is 14.5. The molecule has 1 aromatic heterocycles. The molecule has 1 fully saturated rings. The Morgan fingerprint density at radius 1 is 1.16 bits per heavy atom. The fraction of sp³-hybridized carbons (Fsp3) is 0.765. The Hall–Kier alpha value is -0.0100. The van der Waals surface area contributed by atoms with Gasteiger partial charge >= 0.3 is 0 Å². The molecule has 1 saturated carbocycles. The zero-order valence-electron chi connectivity index (χ0n) is 12.9. The van der Waals surface area contributed by atoms with Gasteiger partial charge in [-0.15, -0.1) is 22.9 Å². The number of thiophene rings is 1. The van der Waals surface area contributed by atoms with Crippen molar-refractivity contribution in [2.24, 2.45) is 17.3 Å². The molecule has 0 radical (unpaired) electrons. The van der Waals surface area contributed by atoms with Gasteiger partial charge in [-0.2, -0.15) is 0 Å². The van der Waals surface area contributed by atoms with Crippen LogP contribution in [0.3, 0.4) is 0 Å². The van der Waals surface area contributed by atoms with E-state index in [2.05, 4.69) is 40.7 Å². The van der Waals surface area contributed by atoms with E-state index in [1.54, 1.807) is 0 Å². The van der Waals surface area contributed by atoms with Gasteiger partial charge in [-0.25, -0.2) is 0 Å². The lowest BCUT2D eigenvalue weighted by atomic mass is 9.69. The summed E-state index contributed by atoms with van der Waals surface area (Å²) in [5.74, 6) is 1.55. The number of hydrogen-bond donors (Lipinski definition) is 0. The second-order valence-corrected chi connectivity index (χ2v) is 9.04. The number of hydrogen-bond acceptors (Lipinski definition) is 1. The molecule has 1 aliphatic carbocycles. The second kappa shape index (κ2) is 5.77. The van der Waals surface area contributed by atoms with Gasteiger partial charge in [-0.1, -0.05) is 20.8 Å². The predicted molar refractivity (Wildman–Crippen MR) is 87.3 cm³/mol. The summed E-state index contributed by atoms with van der Waals surface area (Å²) in [5.41, 5.74) is 1.85. The first-order valence-corrected chi connectivity index (χ1v) is 8.75. The fourth-order valence-electron chi connectivity index (χ4n) is 3.43. The van der Waals surface area contributed by atoms with E-state index >= 15 is 0 Å². The van der Waals surface area contributed by atoms with Gasteiger partial charge in [-0.3, -0.25) is 0 Å². The highest BCUT2D eigenvalue weighted by molar-refractivity contribution is 7.12. The molecule has 19 heavy (non-hydrogen) atoms. The summed E-state index contributed by atoms with van der Waals surface area (Å²) in [5, 5.41) is 0.236. The highest BCUT2D eigenvalue weighted by Gasteiger charge is 2.33. The Labute approximate surface area is 127 Å². The molecule has 2 heteroatoms. The minimum atomic E-state index is 0.236. The number of rotatable bonds is 2. The standard InChI is InChI=1S/C17H27ClS/c1-11-10-12(2)19-16(11)15(18)13-6-8-14(9-7-13)17(3,4)5/h10,13-15H,6-9H2,1-5H3. The Bertz CT molecular complexity index is 419. The lowest BCUT2D eigenvalue weighted by Gasteiger charge is -2.38. The van der Waals surface area contributed by atoms with Crippen molar-refractivity contribution in [2.45, 2.75) is 65.7 Å². The molecule has 108 valence electrons. The Balaban J connectivity index is 2.00. The molecule has 2 rings (SSSR count). The van der Waals surface area contributed by atoms with Crippen LogP contribution in [0, 0.1) is 31.1 Å². The molecular weight excluding hydrogens is 272 g/mol. The summed E-state index contributed by atoms with van der Waals surface area (Å²) in [4.78, 5) is 2.81. The predicted octanol–water partition coefficient (Wildman–Crippen LogP) is 6.50. The van der Waals surface area contributed by atoms with E-state index in [9.17, 15) is 0 Å². The van der Waals surface area contributed by atoms with Gasteiger partial charge in [-0.05, 0) is 68.4 Å². The molecule has 0 nitrogen and oxygen atoms in total. The first-order valence-electron chi connectivity index (χ1n) is 7.50. The van der Waals surface area contributed by atoms with Crippen molar-refractivity contribution in [2.75, 3.05) is 0 Å². The Kier molecular flexibility index (Phi) is 4.67. The van der Waals surface area contributed by atoms with Crippen LogP contribution < -0.4 is 0 Å².